The molecule has 0 radical (unpaired) electrons. The first kappa shape index (κ1) is 19.0. The molecule has 3 atom stereocenters. The van der Waals surface area contributed by atoms with Crippen LogP contribution in [0.15, 0.2) is 24.3 Å². The van der Waals surface area contributed by atoms with Gasteiger partial charge in [-0.15, -0.1) is 11.8 Å². The Labute approximate surface area is 149 Å². The smallest absolute Gasteiger partial charge is 0.230 e. The molecule has 1 saturated carbocycles. The second kappa shape index (κ2) is 9.82. The van der Waals surface area contributed by atoms with Crippen molar-refractivity contribution in [2.24, 2.45) is 11.8 Å². The third-order valence-electron chi connectivity index (χ3n) is 4.84. The zero-order valence-corrected chi connectivity index (χ0v) is 15.7. The molecule has 0 spiro atoms. The van der Waals surface area contributed by atoms with Gasteiger partial charge in [-0.25, -0.2) is 0 Å². The molecular formula is C19H29NO3S. The highest BCUT2D eigenvalue weighted by molar-refractivity contribution is 7.99. The average molecular weight is 352 g/mol. The highest BCUT2D eigenvalue weighted by Gasteiger charge is 2.27. The second-order valence-electron chi connectivity index (χ2n) is 6.52. The molecule has 0 saturated heterocycles. The Hall–Kier alpha value is -1.36. The molecule has 3 unspecified atom stereocenters. The van der Waals surface area contributed by atoms with E-state index in [-0.39, 0.29) is 5.91 Å². The number of methoxy groups -OCH3 is 1. The van der Waals surface area contributed by atoms with Gasteiger partial charge >= 0.3 is 0 Å². The van der Waals surface area contributed by atoms with Gasteiger partial charge < -0.3 is 14.8 Å². The maximum atomic E-state index is 12.1. The Balaban J connectivity index is 1.58. The fraction of sp³-hybridized carbons (Fsp3) is 0.632. The van der Waals surface area contributed by atoms with E-state index in [1.807, 2.05) is 24.3 Å². The number of thioether (sulfide) groups is 1. The summed E-state index contributed by atoms with van der Waals surface area (Å²) in [5.41, 5.74) is 0. The van der Waals surface area contributed by atoms with Crippen molar-refractivity contribution in [3.05, 3.63) is 24.3 Å². The van der Waals surface area contributed by atoms with Crippen molar-refractivity contribution in [2.45, 2.75) is 39.2 Å². The van der Waals surface area contributed by atoms with Crippen molar-refractivity contribution in [1.29, 1.82) is 0 Å². The number of rotatable bonds is 8. The lowest BCUT2D eigenvalue weighted by atomic mass is 9.78. The predicted octanol–water partition coefficient (Wildman–Crippen LogP) is 3.75. The van der Waals surface area contributed by atoms with Crippen molar-refractivity contribution >= 4 is 17.7 Å². The Kier molecular flexibility index (Phi) is 7.76. The standard InChI is InChI=1S/C19H29NO3S/c1-14-5-4-6-18(15(14)2)20-19(21)13-24-12-11-23-17-9-7-16(22-3)8-10-17/h7-10,14-15,18H,4-6,11-13H2,1-3H3,(H,20,21). The van der Waals surface area contributed by atoms with Crippen molar-refractivity contribution in [1.82, 2.24) is 5.32 Å². The van der Waals surface area contributed by atoms with Crippen LogP contribution in [0.2, 0.25) is 0 Å². The van der Waals surface area contributed by atoms with Gasteiger partial charge in [-0.3, -0.25) is 4.79 Å². The topological polar surface area (TPSA) is 47.6 Å². The normalized spacial score (nSPS) is 23.5. The summed E-state index contributed by atoms with van der Waals surface area (Å²) >= 11 is 1.62. The van der Waals surface area contributed by atoms with E-state index in [1.165, 1.54) is 12.8 Å². The number of hydrogen-bond donors (Lipinski definition) is 1. The Bertz CT molecular complexity index is 506. The van der Waals surface area contributed by atoms with Crippen LogP contribution in [0, 0.1) is 11.8 Å². The third-order valence-corrected chi connectivity index (χ3v) is 5.76. The number of hydrogen-bond acceptors (Lipinski definition) is 4. The third kappa shape index (κ3) is 5.93. The number of carbonyl (C=O) groups is 1. The van der Waals surface area contributed by atoms with Crippen LogP contribution in [0.4, 0.5) is 0 Å². The number of benzene rings is 1. The molecule has 0 heterocycles. The number of amides is 1. The lowest BCUT2D eigenvalue weighted by Gasteiger charge is -2.34. The van der Waals surface area contributed by atoms with E-state index < -0.39 is 0 Å². The number of nitrogens with one attached hydrogen (secondary N) is 1. The van der Waals surface area contributed by atoms with Gasteiger partial charge in [0.15, 0.2) is 0 Å². The lowest BCUT2D eigenvalue weighted by molar-refractivity contribution is -0.119. The van der Waals surface area contributed by atoms with E-state index in [0.29, 0.717) is 30.2 Å². The molecule has 4 nitrogen and oxygen atoms in total. The SMILES string of the molecule is COc1ccc(OCCSCC(=O)NC2CCCC(C)C2C)cc1. The van der Waals surface area contributed by atoms with Crippen molar-refractivity contribution < 1.29 is 14.3 Å². The molecule has 1 aromatic rings. The second-order valence-corrected chi connectivity index (χ2v) is 7.62. The molecule has 1 N–H and O–H groups in total. The van der Waals surface area contributed by atoms with E-state index in [4.69, 9.17) is 9.47 Å². The van der Waals surface area contributed by atoms with Gasteiger partial charge in [0.2, 0.25) is 5.91 Å². The predicted molar refractivity (Wildman–Crippen MR) is 99.9 cm³/mol. The molecule has 0 aliphatic heterocycles. The van der Waals surface area contributed by atoms with Crippen molar-refractivity contribution in [3.63, 3.8) is 0 Å². The van der Waals surface area contributed by atoms with E-state index in [1.54, 1.807) is 18.9 Å². The molecule has 1 fully saturated rings. The fourth-order valence-electron chi connectivity index (χ4n) is 3.09. The molecule has 24 heavy (non-hydrogen) atoms. The van der Waals surface area contributed by atoms with Crippen LogP contribution in [-0.2, 0) is 4.79 Å². The maximum Gasteiger partial charge on any atom is 0.230 e. The van der Waals surface area contributed by atoms with E-state index in [2.05, 4.69) is 19.2 Å². The first-order valence-electron chi connectivity index (χ1n) is 8.74. The minimum atomic E-state index is 0.149. The Morgan fingerprint density at radius 1 is 1.21 bits per heavy atom. The van der Waals surface area contributed by atoms with E-state index in [9.17, 15) is 4.79 Å². The van der Waals surface area contributed by atoms with Gasteiger partial charge in [0.25, 0.3) is 0 Å². The van der Waals surface area contributed by atoms with Gasteiger partial charge in [-0.05, 0) is 42.5 Å². The maximum absolute atomic E-state index is 12.1. The van der Waals surface area contributed by atoms with Crippen LogP contribution in [0.5, 0.6) is 11.5 Å². The van der Waals surface area contributed by atoms with E-state index in [0.717, 1.165) is 23.7 Å². The largest absolute Gasteiger partial charge is 0.497 e. The summed E-state index contributed by atoms with van der Waals surface area (Å²) in [6.45, 7) is 5.14. The quantitative estimate of drug-likeness (QED) is 0.725. The van der Waals surface area contributed by atoms with Crippen LogP contribution in [0.25, 0.3) is 0 Å². The summed E-state index contributed by atoms with van der Waals surface area (Å²) in [5, 5.41) is 3.21. The van der Waals surface area contributed by atoms with Crippen LogP contribution < -0.4 is 14.8 Å². The van der Waals surface area contributed by atoms with Gasteiger partial charge in [0.05, 0.1) is 19.5 Å². The van der Waals surface area contributed by atoms with Crippen LogP contribution in [-0.4, -0.2) is 37.2 Å². The van der Waals surface area contributed by atoms with E-state index >= 15 is 0 Å². The fourth-order valence-corrected chi connectivity index (χ4v) is 3.70. The molecular weight excluding hydrogens is 322 g/mol. The minimum absolute atomic E-state index is 0.149. The summed E-state index contributed by atoms with van der Waals surface area (Å²) in [6.07, 6.45) is 3.62. The molecule has 1 amide bonds. The lowest BCUT2D eigenvalue weighted by Crippen LogP contribution is -2.44. The summed E-state index contributed by atoms with van der Waals surface area (Å²) in [4.78, 5) is 12.1. The number of carbonyl (C=O) groups excluding carboxylic acids is 1. The van der Waals surface area contributed by atoms with Crippen LogP contribution >= 0.6 is 11.8 Å². The average Bonchev–Trinajstić information content (AvgIpc) is 2.59. The molecule has 2 rings (SSSR count). The highest BCUT2D eigenvalue weighted by atomic mass is 32.2. The molecule has 5 heteroatoms. The molecule has 0 bridgehead atoms. The Morgan fingerprint density at radius 3 is 2.62 bits per heavy atom. The summed E-state index contributed by atoms with van der Waals surface area (Å²) < 4.78 is 10.8. The van der Waals surface area contributed by atoms with Gasteiger partial charge in [0, 0.05) is 11.8 Å². The summed E-state index contributed by atoms with van der Waals surface area (Å²) in [5.74, 6) is 4.38. The van der Waals surface area contributed by atoms with Gasteiger partial charge in [0.1, 0.15) is 11.5 Å². The number of ether oxygens (including phenoxy) is 2. The molecule has 1 aliphatic carbocycles. The van der Waals surface area contributed by atoms with Crippen LogP contribution in [0.1, 0.15) is 33.1 Å². The first-order chi connectivity index (χ1) is 11.6. The molecule has 1 aliphatic rings. The monoisotopic (exact) mass is 351 g/mol. The summed E-state index contributed by atoms with van der Waals surface area (Å²) in [6, 6.07) is 7.88. The van der Waals surface area contributed by atoms with Gasteiger partial charge in [-0.1, -0.05) is 26.7 Å². The van der Waals surface area contributed by atoms with Crippen molar-refractivity contribution in [2.75, 3.05) is 25.2 Å². The zero-order chi connectivity index (χ0) is 17.4. The zero-order valence-electron chi connectivity index (χ0n) is 14.9. The molecule has 0 aromatic heterocycles. The van der Waals surface area contributed by atoms with Crippen LogP contribution in [0.3, 0.4) is 0 Å². The highest BCUT2D eigenvalue weighted by Crippen LogP contribution is 2.29. The molecule has 134 valence electrons. The minimum Gasteiger partial charge on any atom is -0.497 e. The Morgan fingerprint density at radius 2 is 1.92 bits per heavy atom. The van der Waals surface area contributed by atoms with Gasteiger partial charge in [-0.2, -0.15) is 0 Å². The van der Waals surface area contributed by atoms with Crippen molar-refractivity contribution in [3.8, 4) is 11.5 Å². The first-order valence-corrected chi connectivity index (χ1v) is 9.89. The summed E-state index contributed by atoms with van der Waals surface area (Å²) in [7, 11) is 1.65. The molecule has 1 aromatic carbocycles.